The molecule has 0 amide bonds. The largest absolute Gasteiger partial charge is 0.298 e. The van der Waals surface area contributed by atoms with Crippen LogP contribution < -0.4 is 0 Å². The molecular formula is C9H12N2OS. The predicted molar refractivity (Wildman–Crippen MR) is 52.6 cm³/mol. The number of thioether (sulfide) groups is 1. The van der Waals surface area contributed by atoms with Gasteiger partial charge in [-0.05, 0) is 13.0 Å². The van der Waals surface area contributed by atoms with E-state index in [9.17, 15) is 4.79 Å². The zero-order valence-electron chi connectivity index (χ0n) is 7.73. The Kier molecular flexibility index (Phi) is 3.89. The highest BCUT2D eigenvalue weighted by Gasteiger charge is 2.12. The molecule has 0 aromatic carbocycles. The van der Waals surface area contributed by atoms with Gasteiger partial charge in [0.25, 0.3) is 0 Å². The lowest BCUT2D eigenvalue weighted by atomic mass is 10.2. The van der Waals surface area contributed by atoms with Gasteiger partial charge in [0.05, 0.1) is 5.25 Å². The molecule has 0 aliphatic carbocycles. The smallest absolute Gasteiger partial charge is 0.145 e. The Balaban J connectivity index is 2.55. The quantitative estimate of drug-likeness (QED) is 0.545. The fraction of sp³-hybridized carbons (Fsp3) is 0.444. The fourth-order valence-electron chi connectivity index (χ4n) is 0.883. The molecule has 0 aliphatic heterocycles. The number of hydrogen-bond donors (Lipinski definition) is 0. The van der Waals surface area contributed by atoms with Crippen molar-refractivity contribution in [3.05, 3.63) is 18.6 Å². The van der Waals surface area contributed by atoms with Crippen molar-refractivity contribution in [1.29, 1.82) is 0 Å². The molecule has 0 saturated heterocycles. The Morgan fingerprint density at radius 1 is 1.69 bits per heavy atom. The van der Waals surface area contributed by atoms with Crippen molar-refractivity contribution in [1.82, 2.24) is 9.97 Å². The molecule has 13 heavy (non-hydrogen) atoms. The first-order chi connectivity index (χ1) is 6.24. The van der Waals surface area contributed by atoms with Gasteiger partial charge in [0.1, 0.15) is 17.1 Å². The average molecular weight is 196 g/mol. The first-order valence-corrected chi connectivity index (χ1v) is 5.07. The van der Waals surface area contributed by atoms with Crippen molar-refractivity contribution in [3.63, 3.8) is 0 Å². The van der Waals surface area contributed by atoms with E-state index in [2.05, 4.69) is 9.97 Å². The second-order valence-corrected chi connectivity index (χ2v) is 3.99. The van der Waals surface area contributed by atoms with Crippen LogP contribution in [0.4, 0.5) is 0 Å². The molecule has 1 unspecified atom stereocenters. The van der Waals surface area contributed by atoms with Crippen LogP contribution in [0.15, 0.2) is 23.6 Å². The van der Waals surface area contributed by atoms with E-state index in [1.54, 1.807) is 6.20 Å². The molecule has 1 heterocycles. The molecule has 0 bridgehead atoms. The number of aromatic nitrogens is 2. The number of hydrogen-bond acceptors (Lipinski definition) is 4. The molecule has 0 N–H and O–H groups in total. The minimum absolute atomic E-state index is 0.0140. The monoisotopic (exact) mass is 196 g/mol. The Bertz CT molecular complexity index is 276. The van der Waals surface area contributed by atoms with E-state index in [4.69, 9.17) is 0 Å². The number of nitrogens with zero attached hydrogens (tertiary/aromatic N) is 2. The highest BCUT2D eigenvalue weighted by atomic mass is 32.2. The molecule has 0 radical (unpaired) electrons. The average Bonchev–Trinajstić information content (AvgIpc) is 2.18. The van der Waals surface area contributed by atoms with Crippen LogP contribution in [0.2, 0.25) is 0 Å². The van der Waals surface area contributed by atoms with Crippen LogP contribution in [0, 0.1) is 0 Å². The molecular weight excluding hydrogens is 184 g/mol. The van der Waals surface area contributed by atoms with Crippen LogP contribution in [-0.2, 0) is 4.79 Å². The van der Waals surface area contributed by atoms with Gasteiger partial charge in [-0.25, -0.2) is 9.97 Å². The van der Waals surface area contributed by atoms with Crippen molar-refractivity contribution in [2.75, 3.05) is 0 Å². The Morgan fingerprint density at radius 2 is 2.46 bits per heavy atom. The van der Waals surface area contributed by atoms with Gasteiger partial charge in [0.2, 0.25) is 0 Å². The molecule has 3 nitrogen and oxygen atoms in total. The lowest BCUT2D eigenvalue weighted by Gasteiger charge is -2.06. The highest BCUT2D eigenvalue weighted by Crippen LogP contribution is 2.21. The van der Waals surface area contributed by atoms with E-state index in [0.29, 0.717) is 6.42 Å². The van der Waals surface area contributed by atoms with Gasteiger partial charge < -0.3 is 0 Å². The van der Waals surface area contributed by atoms with Crippen LogP contribution in [0.25, 0.3) is 0 Å². The van der Waals surface area contributed by atoms with E-state index in [-0.39, 0.29) is 11.0 Å². The Hall–Kier alpha value is -0.900. The van der Waals surface area contributed by atoms with Gasteiger partial charge in [-0.2, -0.15) is 0 Å². The maximum Gasteiger partial charge on any atom is 0.145 e. The number of ketones is 1. The third kappa shape index (κ3) is 3.14. The zero-order valence-corrected chi connectivity index (χ0v) is 8.54. The summed E-state index contributed by atoms with van der Waals surface area (Å²) < 4.78 is 0. The minimum Gasteiger partial charge on any atom is -0.298 e. The molecule has 0 spiro atoms. The molecule has 0 saturated carbocycles. The molecule has 1 rings (SSSR count). The Labute approximate surface area is 82.0 Å². The molecule has 0 aliphatic rings. The van der Waals surface area contributed by atoms with Gasteiger partial charge in [-0.1, -0.05) is 18.7 Å². The Morgan fingerprint density at radius 3 is 3.00 bits per heavy atom. The van der Waals surface area contributed by atoms with Gasteiger partial charge in [-0.15, -0.1) is 0 Å². The molecule has 70 valence electrons. The van der Waals surface area contributed by atoms with Crippen molar-refractivity contribution < 1.29 is 4.79 Å². The van der Waals surface area contributed by atoms with Crippen molar-refractivity contribution in [3.8, 4) is 0 Å². The number of carbonyl (C=O) groups is 1. The zero-order chi connectivity index (χ0) is 9.68. The summed E-state index contributed by atoms with van der Waals surface area (Å²) in [5.41, 5.74) is 0. The SMILES string of the molecule is CCC(=O)C(C)Sc1ccncn1. The van der Waals surface area contributed by atoms with E-state index < -0.39 is 0 Å². The summed E-state index contributed by atoms with van der Waals surface area (Å²) in [6.07, 6.45) is 3.75. The van der Waals surface area contributed by atoms with E-state index in [1.807, 2.05) is 19.9 Å². The maximum absolute atomic E-state index is 11.3. The number of carbonyl (C=O) groups excluding carboxylic acids is 1. The molecule has 1 aromatic rings. The lowest BCUT2D eigenvalue weighted by Crippen LogP contribution is -2.11. The third-order valence-corrected chi connectivity index (χ3v) is 2.75. The summed E-state index contributed by atoms with van der Waals surface area (Å²) in [6.45, 7) is 3.78. The van der Waals surface area contributed by atoms with Crippen LogP contribution in [0.3, 0.4) is 0 Å². The molecule has 1 aromatic heterocycles. The normalized spacial score (nSPS) is 12.5. The number of Topliss-reactive ketones (excluding diaryl/α,β-unsaturated/α-hetero) is 1. The second kappa shape index (κ2) is 4.97. The molecule has 1 atom stereocenters. The van der Waals surface area contributed by atoms with Crippen LogP contribution in [0.5, 0.6) is 0 Å². The topological polar surface area (TPSA) is 42.9 Å². The standard InChI is InChI=1S/C9H12N2OS/c1-3-8(12)7(2)13-9-4-5-10-6-11-9/h4-7H,3H2,1-2H3. The summed E-state index contributed by atoms with van der Waals surface area (Å²) in [4.78, 5) is 19.1. The van der Waals surface area contributed by atoms with Gasteiger partial charge in [0, 0.05) is 12.6 Å². The summed E-state index contributed by atoms with van der Waals surface area (Å²) in [5.74, 6) is 0.253. The number of rotatable bonds is 4. The first kappa shape index (κ1) is 10.2. The van der Waals surface area contributed by atoms with Gasteiger partial charge in [0.15, 0.2) is 0 Å². The summed E-state index contributed by atoms with van der Waals surface area (Å²) in [6, 6.07) is 1.81. The van der Waals surface area contributed by atoms with Gasteiger partial charge >= 0.3 is 0 Å². The summed E-state index contributed by atoms with van der Waals surface area (Å²) in [7, 11) is 0. The highest BCUT2D eigenvalue weighted by molar-refractivity contribution is 8.00. The maximum atomic E-state index is 11.3. The first-order valence-electron chi connectivity index (χ1n) is 4.19. The molecule has 4 heteroatoms. The van der Waals surface area contributed by atoms with Crippen molar-refractivity contribution >= 4 is 17.5 Å². The van der Waals surface area contributed by atoms with E-state index in [1.165, 1.54) is 18.1 Å². The van der Waals surface area contributed by atoms with E-state index in [0.717, 1.165) is 5.03 Å². The lowest BCUT2D eigenvalue weighted by molar-refractivity contribution is -0.117. The predicted octanol–water partition coefficient (Wildman–Crippen LogP) is 1.94. The van der Waals surface area contributed by atoms with Crippen LogP contribution in [-0.4, -0.2) is 21.0 Å². The van der Waals surface area contributed by atoms with E-state index >= 15 is 0 Å². The van der Waals surface area contributed by atoms with Crippen molar-refractivity contribution in [2.45, 2.75) is 30.5 Å². The minimum atomic E-state index is -0.0140. The van der Waals surface area contributed by atoms with Crippen LogP contribution >= 0.6 is 11.8 Å². The van der Waals surface area contributed by atoms with Crippen LogP contribution in [0.1, 0.15) is 20.3 Å². The molecule has 0 fully saturated rings. The second-order valence-electron chi connectivity index (χ2n) is 2.63. The fourth-order valence-corrected chi connectivity index (χ4v) is 1.79. The third-order valence-electron chi connectivity index (χ3n) is 1.65. The summed E-state index contributed by atoms with van der Waals surface area (Å²) >= 11 is 1.48. The summed E-state index contributed by atoms with van der Waals surface area (Å²) in [5, 5.41) is 0.837. The van der Waals surface area contributed by atoms with Crippen molar-refractivity contribution in [2.24, 2.45) is 0 Å². The van der Waals surface area contributed by atoms with Gasteiger partial charge in [-0.3, -0.25) is 4.79 Å².